The fraction of sp³-hybridized carbons (Fsp3) is 0.120. The van der Waals surface area contributed by atoms with E-state index in [4.69, 9.17) is 11.6 Å². The highest BCUT2D eigenvalue weighted by Crippen LogP contribution is 2.28. The first-order valence-electron chi connectivity index (χ1n) is 10.4. The maximum Gasteiger partial charge on any atom is 0.263 e. The van der Waals surface area contributed by atoms with Crippen molar-refractivity contribution in [2.45, 2.75) is 19.9 Å². The van der Waals surface area contributed by atoms with E-state index in [-0.39, 0.29) is 10.8 Å². The van der Waals surface area contributed by atoms with Gasteiger partial charge >= 0.3 is 0 Å². The molecule has 0 aliphatic heterocycles. The summed E-state index contributed by atoms with van der Waals surface area (Å²) in [4.78, 5) is 26.6. The van der Waals surface area contributed by atoms with Crippen molar-refractivity contribution in [2.75, 3.05) is 5.32 Å². The van der Waals surface area contributed by atoms with Crippen molar-refractivity contribution in [3.05, 3.63) is 99.6 Å². The smallest absolute Gasteiger partial charge is 0.263 e. The molecule has 5 rings (SSSR count). The Morgan fingerprint density at radius 1 is 1.06 bits per heavy atom. The zero-order chi connectivity index (χ0) is 23.1. The van der Waals surface area contributed by atoms with E-state index < -0.39 is 11.9 Å². The number of hydrogen-bond donors (Lipinski definition) is 1. The van der Waals surface area contributed by atoms with Crippen molar-refractivity contribution in [2.24, 2.45) is 0 Å². The van der Waals surface area contributed by atoms with Crippen molar-refractivity contribution in [3.8, 4) is 5.69 Å². The van der Waals surface area contributed by atoms with Gasteiger partial charge in [-0.2, -0.15) is 4.98 Å². The molecule has 0 aliphatic carbocycles. The summed E-state index contributed by atoms with van der Waals surface area (Å²) in [5.74, 6) is 0.0225. The van der Waals surface area contributed by atoms with Gasteiger partial charge in [-0.05, 0) is 72.8 Å². The largest absolute Gasteiger partial charge is 0.360 e. The average molecular weight is 460 g/mol. The third-order valence-electron chi connectivity index (χ3n) is 5.57. The first-order chi connectivity index (χ1) is 15.9. The molecule has 0 aliphatic rings. The Kier molecular flexibility index (Phi) is 5.26. The summed E-state index contributed by atoms with van der Waals surface area (Å²) >= 11 is 6.13. The van der Waals surface area contributed by atoms with Gasteiger partial charge in [-0.25, -0.2) is 9.37 Å². The zero-order valence-electron chi connectivity index (χ0n) is 17.9. The minimum absolute atomic E-state index is 0.0851. The van der Waals surface area contributed by atoms with Crippen LogP contribution in [-0.4, -0.2) is 19.5 Å². The Morgan fingerprint density at radius 2 is 1.88 bits per heavy atom. The predicted octanol–water partition coefficient (Wildman–Crippen LogP) is 5.60. The van der Waals surface area contributed by atoms with Crippen molar-refractivity contribution >= 4 is 39.2 Å². The van der Waals surface area contributed by atoms with Gasteiger partial charge in [-0.1, -0.05) is 24.3 Å². The van der Waals surface area contributed by atoms with Gasteiger partial charge in [-0.15, -0.1) is 0 Å². The van der Waals surface area contributed by atoms with E-state index in [0.717, 1.165) is 10.9 Å². The second kappa shape index (κ2) is 8.26. The number of aromatic nitrogens is 4. The summed E-state index contributed by atoms with van der Waals surface area (Å²) in [5, 5.41) is 4.80. The van der Waals surface area contributed by atoms with Crippen LogP contribution in [0.4, 0.5) is 10.2 Å². The number of anilines is 1. The van der Waals surface area contributed by atoms with Crippen LogP contribution in [0.1, 0.15) is 24.2 Å². The fourth-order valence-electron chi connectivity index (χ4n) is 4.07. The second-order valence-electron chi connectivity index (χ2n) is 7.81. The molecule has 0 saturated heterocycles. The summed E-state index contributed by atoms with van der Waals surface area (Å²) in [6, 6.07) is 16.8. The molecule has 1 atom stereocenters. The molecule has 3 aromatic heterocycles. The number of rotatable bonds is 4. The van der Waals surface area contributed by atoms with Gasteiger partial charge < -0.3 is 5.32 Å². The predicted molar refractivity (Wildman–Crippen MR) is 129 cm³/mol. The van der Waals surface area contributed by atoms with Gasteiger partial charge in [0.15, 0.2) is 5.82 Å². The monoisotopic (exact) mass is 459 g/mol. The van der Waals surface area contributed by atoms with Crippen LogP contribution in [0, 0.1) is 12.7 Å². The first-order valence-corrected chi connectivity index (χ1v) is 10.8. The number of nitrogens with one attached hydrogen (secondary N) is 1. The molecule has 164 valence electrons. The lowest BCUT2D eigenvalue weighted by atomic mass is 10.0. The van der Waals surface area contributed by atoms with Gasteiger partial charge in [0, 0.05) is 11.9 Å². The molecule has 1 N–H and O–H groups in total. The van der Waals surface area contributed by atoms with E-state index >= 15 is 0 Å². The maximum absolute atomic E-state index is 14.1. The van der Waals surface area contributed by atoms with Crippen LogP contribution < -0.4 is 10.9 Å². The van der Waals surface area contributed by atoms with Crippen LogP contribution in [0.15, 0.2) is 71.7 Å². The van der Waals surface area contributed by atoms with E-state index in [1.165, 1.54) is 16.7 Å². The lowest BCUT2D eigenvalue weighted by Crippen LogP contribution is -2.26. The topological polar surface area (TPSA) is 72.7 Å². The third kappa shape index (κ3) is 3.81. The van der Waals surface area contributed by atoms with E-state index in [2.05, 4.69) is 20.3 Å². The van der Waals surface area contributed by atoms with Gasteiger partial charge in [0.25, 0.3) is 5.56 Å². The third-order valence-corrected chi connectivity index (χ3v) is 5.74. The molecule has 33 heavy (non-hydrogen) atoms. The number of fused-ring (bicyclic) bond motifs is 2. The zero-order valence-corrected chi connectivity index (χ0v) is 18.6. The normalized spacial score (nSPS) is 12.2. The summed E-state index contributed by atoms with van der Waals surface area (Å²) < 4.78 is 15.6. The molecule has 0 saturated carbocycles. The molecular weight excluding hydrogens is 441 g/mol. The van der Waals surface area contributed by atoms with Gasteiger partial charge in [0.2, 0.25) is 5.28 Å². The summed E-state index contributed by atoms with van der Waals surface area (Å²) in [5.41, 5.74) is 2.88. The summed E-state index contributed by atoms with van der Waals surface area (Å²) in [6.07, 6.45) is 1.65. The molecule has 8 heteroatoms. The molecule has 6 nitrogen and oxygen atoms in total. The number of pyridine rings is 2. The lowest BCUT2D eigenvalue weighted by Gasteiger charge is -2.22. The molecule has 5 aromatic rings. The van der Waals surface area contributed by atoms with Crippen LogP contribution in [-0.2, 0) is 0 Å². The molecule has 0 radical (unpaired) electrons. The first kappa shape index (κ1) is 21.0. The minimum Gasteiger partial charge on any atom is -0.360 e. The molecule has 0 amide bonds. The number of benzene rings is 2. The molecular formula is C25H19ClFN5O. The van der Waals surface area contributed by atoms with Crippen LogP contribution in [0.3, 0.4) is 0 Å². The minimum atomic E-state index is -0.423. The van der Waals surface area contributed by atoms with Gasteiger partial charge in [0.05, 0.1) is 22.6 Å². The number of halogens is 2. The standard InChI is InChI=1S/C25H19ClFN5O/c1-14-6-3-7-16-12-20(32(24(33)21(14)16)18-9-4-8-17(27)13-18)15(2)29-23-22-19(10-5-11-28-22)30-25(26)31-23/h3-13,15H,1-2H3,(H,29,30,31). The number of nitrogens with zero attached hydrogens (tertiary/aromatic N) is 4. The SMILES string of the molecule is Cc1cccc2cc(C(C)Nc3nc(Cl)nc4cccnc34)n(-c3cccc(F)c3)c(=O)c12. The second-order valence-corrected chi connectivity index (χ2v) is 8.15. The van der Waals surface area contributed by atoms with Gasteiger partial charge in [-0.3, -0.25) is 14.3 Å². The molecule has 0 bridgehead atoms. The van der Waals surface area contributed by atoms with Crippen LogP contribution in [0.2, 0.25) is 5.28 Å². The Morgan fingerprint density at radius 3 is 2.70 bits per heavy atom. The Balaban J connectivity index is 1.72. The Hall–Kier alpha value is -3.84. The van der Waals surface area contributed by atoms with Crippen LogP contribution >= 0.6 is 11.6 Å². The van der Waals surface area contributed by atoms with Gasteiger partial charge in [0.1, 0.15) is 11.3 Å². The van der Waals surface area contributed by atoms with Crippen molar-refractivity contribution in [1.82, 2.24) is 19.5 Å². The Labute approximate surface area is 193 Å². The molecule has 1 unspecified atom stereocenters. The fourth-order valence-corrected chi connectivity index (χ4v) is 4.25. The maximum atomic E-state index is 14.1. The molecule has 2 aromatic carbocycles. The highest BCUT2D eigenvalue weighted by molar-refractivity contribution is 6.28. The summed E-state index contributed by atoms with van der Waals surface area (Å²) in [6.45, 7) is 3.79. The average Bonchev–Trinajstić information content (AvgIpc) is 2.78. The highest BCUT2D eigenvalue weighted by atomic mass is 35.5. The van der Waals surface area contributed by atoms with E-state index in [1.54, 1.807) is 30.5 Å². The molecule has 0 spiro atoms. The number of hydrogen-bond acceptors (Lipinski definition) is 5. The van der Waals surface area contributed by atoms with Crippen LogP contribution in [0.25, 0.3) is 27.5 Å². The van der Waals surface area contributed by atoms with Crippen molar-refractivity contribution < 1.29 is 4.39 Å². The highest BCUT2D eigenvalue weighted by Gasteiger charge is 2.19. The van der Waals surface area contributed by atoms with E-state index in [0.29, 0.717) is 33.6 Å². The van der Waals surface area contributed by atoms with E-state index in [1.807, 2.05) is 38.1 Å². The summed E-state index contributed by atoms with van der Waals surface area (Å²) in [7, 11) is 0. The molecule has 0 fully saturated rings. The molecule has 3 heterocycles. The van der Waals surface area contributed by atoms with Crippen molar-refractivity contribution in [3.63, 3.8) is 0 Å². The number of aryl methyl sites for hydroxylation is 1. The van der Waals surface area contributed by atoms with Crippen molar-refractivity contribution in [1.29, 1.82) is 0 Å². The van der Waals surface area contributed by atoms with Crippen LogP contribution in [0.5, 0.6) is 0 Å². The van der Waals surface area contributed by atoms with E-state index in [9.17, 15) is 9.18 Å². The lowest BCUT2D eigenvalue weighted by molar-refractivity contribution is 0.625. The Bertz CT molecular complexity index is 1580. The quantitative estimate of drug-likeness (QED) is 0.354.